The molecule has 1 aliphatic rings. The van der Waals surface area contributed by atoms with Crippen molar-refractivity contribution < 1.29 is 0 Å². The van der Waals surface area contributed by atoms with Gasteiger partial charge in [-0.25, -0.2) is 9.67 Å². The molecule has 0 radical (unpaired) electrons. The fourth-order valence-electron chi connectivity index (χ4n) is 3.28. The maximum atomic E-state index is 4.74. The molecular weight excluding hydrogens is 332 g/mol. The number of benzene rings is 1. The first-order chi connectivity index (χ1) is 12.4. The van der Waals surface area contributed by atoms with E-state index in [4.69, 9.17) is 4.98 Å². The first-order valence-corrected chi connectivity index (χ1v) is 9.59. The van der Waals surface area contributed by atoms with E-state index in [9.17, 15) is 0 Å². The van der Waals surface area contributed by atoms with E-state index in [1.165, 1.54) is 6.42 Å². The minimum Gasteiger partial charge on any atom is -0.332 e. The zero-order valence-electron chi connectivity index (χ0n) is 14.1. The third kappa shape index (κ3) is 4.24. The molecule has 3 heterocycles. The van der Waals surface area contributed by atoms with Gasteiger partial charge in [0.15, 0.2) is 5.13 Å². The van der Waals surface area contributed by atoms with Crippen LogP contribution in [0.1, 0.15) is 31.0 Å². The fourth-order valence-corrected chi connectivity index (χ4v) is 4.01. The maximum Gasteiger partial charge on any atom is 0.187 e. The number of likely N-dealkylation sites (tertiary alicyclic amines) is 1. The summed E-state index contributed by atoms with van der Waals surface area (Å²) >= 11 is 1.67. The van der Waals surface area contributed by atoms with Crippen LogP contribution in [0.4, 0.5) is 10.8 Å². The second kappa shape index (κ2) is 7.76. The molecule has 1 aliphatic heterocycles. The van der Waals surface area contributed by atoms with Crippen LogP contribution in [0.2, 0.25) is 0 Å². The Balaban J connectivity index is 1.33. The van der Waals surface area contributed by atoms with E-state index in [-0.39, 0.29) is 0 Å². The van der Waals surface area contributed by atoms with Crippen LogP contribution in [-0.4, -0.2) is 38.0 Å². The van der Waals surface area contributed by atoms with Gasteiger partial charge >= 0.3 is 0 Å². The number of aromatic nitrogens is 4. The number of thiazole rings is 1. The van der Waals surface area contributed by atoms with Crippen molar-refractivity contribution in [2.24, 2.45) is 0 Å². The maximum absolute atomic E-state index is 4.74. The molecule has 0 bridgehead atoms. The van der Waals surface area contributed by atoms with Crippen molar-refractivity contribution in [2.75, 3.05) is 18.4 Å². The van der Waals surface area contributed by atoms with E-state index in [0.29, 0.717) is 6.04 Å². The first kappa shape index (κ1) is 16.2. The summed E-state index contributed by atoms with van der Waals surface area (Å²) in [6, 6.07) is 10.7. The van der Waals surface area contributed by atoms with Crippen molar-refractivity contribution in [2.45, 2.75) is 31.8 Å². The number of nitrogens with one attached hydrogen (secondary N) is 1. The van der Waals surface area contributed by atoms with Crippen LogP contribution in [0.15, 0.2) is 48.1 Å². The van der Waals surface area contributed by atoms with E-state index >= 15 is 0 Å². The van der Waals surface area contributed by atoms with Crippen LogP contribution >= 0.6 is 11.3 Å². The highest BCUT2D eigenvalue weighted by atomic mass is 32.1. The van der Waals surface area contributed by atoms with Crippen LogP contribution in [0.5, 0.6) is 0 Å². The summed E-state index contributed by atoms with van der Waals surface area (Å²) in [5.41, 5.74) is 2.22. The lowest BCUT2D eigenvalue weighted by Crippen LogP contribution is -2.24. The minimum absolute atomic E-state index is 0.471. The molecule has 0 amide bonds. The molecule has 0 spiro atoms. The van der Waals surface area contributed by atoms with Crippen LogP contribution in [0.25, 0.3) is 0 Å². The Bertz CT molecular complexity index is 770. The summed E-state index contributed by atoms with van der Waals surface area (Å²) in [4.78, 5) is 7.24. The zero-order valence-corrected chi connectivity index (χ0v) is 14.9. The van der Waals surface area contributed by atoms with E-state index < -0.39 is 0 Å². The van der Waals surface area contributed by atoms with Crippen molar-refractivity contribution in [1.29, 1.82) is 0 Å². The van der Waals surface area contributed by atoms with Crippen LogP contribution < -0.4 is 5.32 Å². The Morgan fingerprint density at radius 1 is 1.16 bits per heavy atom. The second-order valence-electron chi connectivity index (χ2n) is 6.38. The van der Waals surface area contributed by atoms with Gasteiger partial charge in [-0.05, 0) is 37.9 Å². The van der Waals surface area contributed by atoms with Gasteiger partial charge in [-0.15, -0.1) is 16.4 Å². The van der Waals surface area contributed by atoms with E-state index in [0.717, 1.165) is 49.0 Å². The molecule has 0 saturated carbocycles. The Kier molecular flexibility index (Phi) is 5.03. The summed E-state index contributed by atoms with van der Waals surface area (Å²) in [5, 5.41) is 14.6. The number of nitrogens with zero attached hydrogens (tertiary/aromatic N) is 5. The van der Waals surface area contributed by atoms with Gasteiger partial charge in [0.2, 0.25) is 0 Å². The number of anilines is 2. The van der Waals surface area contributed by atoms with Gasteiger partial charge in [-0.2, -0.15) is 0 Å². The minimum atomic E-state index is 0.471. The molecule has 0 aliphatic carbocycles. The fraction of sp³-hybridized carbons (Fsp3) is 0.389. The smallest absolute Gasteiger partial charge is 0.187 e. The average molecular weight is 354 g/mol. The standard InChI is InChI=1S/C18H22N6S/c1-2-5-15(6-3-1)20-18-21-16(14-25-18)13-23-10-4-7-17(8-11-23)24-12-9-19-22-24/h1-3,5-6,9,12,14,17H,4,7-8,10-11,13H2,(H,20,21). The Morgan fingerprint density at radius 3 is 2.92 bits per heavy atom. The van der Waals surface area contributed by atoms with Crippen LogP contribution in [0, 0.1) is 0 Å². The number of hydrogen-bond donors (Lipinski definition) is 1. The zero-order chi connectivity index (χ0) is 16.9. The van der Waals surface area contributed by atoms with Gasteiger partial charge < -0.3 is 5.32 Å². The molecular formula is C18H22N6S. The average Bonchev–Trinajstić information content (AvgIpc) is 3.26. The summed E-state index contributed by atoms with van der Waals surface area (Å²) in [5.74, 6) is 0. The lowest BCUT2D eigenvalue weighted by molar-refractivity contribution is 0.268. The summed E-state index contributed by atoms with van der Waals surface area (Å²) in [6.45, 7) is 3.10. The lowest BCUT2D eigenvalue weighted by atomic mass is 10.1. The third-order valence-corrected chi connectivity index (χ3v) is 5.37. The number of para-hydroxylation sites is 1. The Hall–Kier alpha value is -2.25. The molecule has 1 unspecified atom stereocenters. The summed E-state index contributed by atoms with van der Waals surface area (Å²) in [6.07, 6.45) is 7.20. The summed E-state index contributed by atoms with van der Waals surface area (Å²) < 4.78 is 2.01. The van der Waals surface area contributed by atoms with Gasteiger partial charge in [0.1, 0.15) is 0 Å². The van der Waals surface area contributed by atoms with Crippen LogP contribution in [0.3, 0.4) is 0 Å². The van der Waals surface area contributed by atoms with E-state index in [1.54, 1.807) is 17.5 Å². The van der Waals surface area contributed by atoms with Gasteiger partial charge in [0.25, 0.3) is 0 Å². The highest BCUT2D eigenvalue weighted by Gasteiger charge is 2.19. The van der Waals surface area contributed by atoms with Crippen molar-refractivity contribution >= 4 is 22.2 Å². The highest BCUT2D eigenvalue weighted by molar-refractivity contribution is 7.13. The lowest BCUT2D eigenvalue weighted by Gasteiger charge is -2.18. The topological polar surface area (TPSA) is 58.9 Å². The molecule has 1 saturated heterocycles. The quantitative estimate of drug-likeness (QED) is 0.757. The van der Waals surface area contributed by atoms with Crippen molar-refractivity contribution in [3.05, 3.63) is 53.8 Å². The Labute approximate surface area is 151 Å². The molecule has 1 N–H and O–H groups in total. The molecule has 4 rings (SSSR count). The van der Waals surface area contributed by atoms with E-state index in [2.05, 4.69) is 38.0 Å². The van der Waals surface area contributed by atoms with Gasteiger partial charge in [-0.3, -0.25) is 4.90 Å². The molecule has 25 heavy (non-hydrogen) atoms. The highest BCUT2D eigenvalue weighted by Crippen LogP contribution is 2.24. The second-order valence-corrected chi connectivity index (χ2v) is 7.24. The molecule has 2 aromatic heterocycles. The van der Waals surface area contributed by atoms with Gasteiger partial charge in [-0.1, -0.05) is 23.4 Å². The number of hydrogen-bond acceptors (Lipinski definition) is 6. The van der Waals surface area contributed by atoms with Crippen molar-refractivity contribution in [3.63, 3.8) is 0 Å². The predicted molar refractivity (Wildman–Crippen MR) is 100 cm³/mol. The van der Waals surface area contributed by atoms with Crippen LogP contribution in [-0.2, 0) is 6.54 Å². The van der Waals surface area contributed by atoms with Gasteiger partial charge in [0.05, 0.1) is 17.9 Å². The molecule has 6 nitrogen and oxygen atoms in total. The van der Waals surface area contributed by atoms with Gasteiger partial charge in [0, 0.05) is 30.4 Å². The third-order valence-electron chi connectivity index (χ3n) is 4.57. The van der Waals surface area contributed by atoms with Crippen molar-refractivity contribution in [1.82, 2.24) is 24.9 Å². The molecule has 3 aromatic rings. The summed E-state index contributed by atoms with van der Waals surface area (Å²) in [7, 11) is 0. The molecule has 130 valence electrons. The monoisotopic (exact) mass is 354 g/mol. The molecule has 1 atom stereocenters. The normalized spacial score (nSPS) is 18.8. The first-order valence-electron chi connectivity index (χ1n) is 8.71. The molecule has 7 heteroatoms. The molecule has 1 aromatic carbocycles. The predicted octanol–water partition coefficient (Wildman–Crippen LogP) is 3.71. The van der Waals surface area contributed by atoms with E-state index in [1.807, 2.05) is 29.1 Å². The van der Waals surface area contributed by atoms with Crippen molar-refractivity contribution in [3.8, 4) is 0 Å². The Morgan fingerprint density at radius 2 is 2.08 bits per heavy atom. The number of rotatable bonds is 5. The SMILES string of the molecule is c1ccc(Nc2nc(CN3CCCC(n4ccnn4)CC3)cs2)cc1. The largest absolute Gasteiger partial charge is 0.332 e. The molecule has 1 fully saturated rings.